The van der Waals surface area contributed by atoms with Crippen molar-refractivity contribution in [2.24, 2.45) is 11.8 Å². The van der Waals surface area contributed by atoms with E-state index >= 15 is 0 Å². The maximum absolute atomic E-state index is 11.4. The van der Waals surface area contributed by atoms with Gasteiger partial charge in [-0.25, -0.2) is 0 Å². The number of rotatable bonds is 0. The quantitative estimate of drug-likeness (QED) is 0.549. The van der Waals surface area contributed by atoms with E-state index in [1.807, 2.05) is 0 Å². The SMILES string of the molecule is O=C1CCC[C@H]2C(=O)CCC[C@@H]12. The highest BCUT2D eigenvalue weighted by molar-refractivity contribution is 5.91. The molecule has 0 aliphatic heterocycles. The maximum Gasteiger partial charge on any atom is 0.136 e. The lowest BCUT2D eigenvalue weighted by atomic mass is 9.69. The molecule has 0 heterocycles. The van der Waals surface area contributed by atoms with Crippen molar-refractivity contribution in [2.75, 3.05) is 0 Å². The van der Waals surface area contributed by atoms with Crippen molar-refractivity contribution in [3.63, 3.8) is 0 Å². The van der Waals surface area contributed by atoms with Gasteiger partial charge in [0.05, 0.1) is 0 Å². The molecule has 0 spiro atoms. The molecule has 0 aromatic heterocycles. The first-order valence-corrected chi connectivity index (χ1v) is 4.84. The van der Waals surface area contributed by atoms with Crippen molar-refractivity contribution in [1.82, 2.24) is 0 Å². The number of hydrogen-bond donors (Lipinski definition) is 0. The van der Waals surface area contributed by atoms with Gasteiger partial charge in [0.25, 0.3) is 0 Å². The fraction of sp³-hybridized carbons (Fsp3) is 0.800. The predicted octanol–water partition coefficient (Wildman–Crippen LogP) is 1.72. The van der Waals surface area contributed by atoms with Crippen LogP contribution in [0.2, 0.25) is 0 Å². The topological polar surface area (TPSA) is 34.1 Å². The Balaban J connectivity index is 2.16. The first-order chi connectivity index (χ1) is 5.79. The molecule has 2 atom stereocenters. The van der Waals surface area contributed by atoms with Crippen LogP contribution in [0, 0.1) is 11.8 Å². The monoisotopic (exact) mass is 166 g/mol. The molecule has 0 bridgehead atoms. The molecule has 0 N–H and O–H groups in total. The number of ketones is 2. The molecule has 2 aliphatic rings. The smallest absolute Gasteiger partial charge is 0.136 e. The molecule has 66 valence electrons. The molecule has 2 saturated carbocycles. The Kier molecular flexibility index (Phi) is 1.99. The van der Waals surface area contributed by atoms with Gasteiger partial charge in [-0.05, 0) is 25.7 Å². The molecule has 0 saturated heterocycles. The van der Waals surface area contributed by atoms with Crippen LogP contribution in [0.3, 0.4) is 0 Å². The van der Waals surface area contributed by atoms with Gasteiger partial charge >= 0.3 is 0 Å². The fourth-order valence-electron chi connectivity index (χ4n) is 2.54. The van der Waals surface area contributed by atoms with E-state index in [0.717, 1.165) is 25.7 Å². The van der Waals surface area contributed by atoms with E-state index in [0.29, 0.717) is 24.4 Å². The molecule has 0 amide bonds. The van der Waals surface area contributed by atoms with Gasteiger partial charge in [-0.1, -0.05) is 0 Å². The average Bonchev–Trinajstić information content (AvgIpc) is 2.07. The summed E-state index contributed by atoms with van der Waals surface area (Å²) in [6.45, 7) is 0. The van der Waals surface area contributed by atoms with Crippen molar-refractivity contribution < 1.29 is 9.59 Å². The zero-order valence-corrected chi connectivity index (χ0v) is 7.21. The summed E-state index contributed by atoms with van der Waals surface area (Å²) >= 11 is 0. The number of Topliss-reactive ketones (excluding diaryl/α,β-unsaturated/α-hetero) is 2. The Bertz CT molecular complexity index is 196. The molecule has 0 aromatic carbocycles. The third kappa shape index (κ3) is 1.19. The minimum absolute atomic E-state index is 0.111. The second-order valence-corrected chi connectivity index (χ2v) is 3.93. The Labute approximate surface area is 72.3 Å². The van der Waals surface area contributed by atoms with Gasteiger partial charge in [-0.15, -0.1) is 0 Å². The summed E-state index contributed by atoms with van der Waals surface area (Å²) in [5.41, 5.74) is 0. The number of carbonyl (C=O) groups is 2. The Morgan fingerprint density at radius 1 is 0.833 bits per heavy atom. The van der Waals surface area contributed by atoms with Crippen LogP contribution >= 0.6 is 0 Å². The van der Waals surface area contributed by atoms with Crippen LogP contribution < -0.4 is 0 Å². The van der Waals surface area contributed by atoms with Gasteiger partial charge in [0.1, 0.15) is 11.6 Å². The minimum atomic E-state index is 0.111. The Morgan fingerprint density at radius 3 is 1.67 bits per heavy atom. The highest BCUT2D eigenvalue weighted by atomic mass is 16.1. The fourth-order valence-corrected chi connectivity index (χ4v) is 2.54. The van der Waals surface area contributed by atoms with Gasteiger partial charge in [0.15, 0.2) is 0 Å². The summed E-state index contributed by atoms with van der Waals surface area (Å²) in [6.07, 6.45) is 5.24. The largest absolute Gasteiger partial charge is 0.299 e. The minimum Gasteiger partial charge on any atom is -0.299 e. The number of hydrogen-bond acceptors (Lipinski definition) is 2. The summed E-state index contributed by atoms with van der Waals surface area (Å²) < 4.78 is 0. The van der Waals surface area contributed by atoms with Crippen LogP contribution in [-0.2, 0) is 9.59 Å². The van der Waals surface area contributed by atoms with Crippen molar-refractivity contribution in [3.8, 4) is 0 Å². The maximum atomic E-state index is 11.4. The van der Waals surface area contributed by atoms with Gasteiger partial charge in [-0.3, -0.25) is 9.59 Å². The van der Waals surface area contributed by atoms with Crippen LogP contribution in [0.4, 0.5) is 0 Å². The first-order valence-electron chi connectivity index (χ1n) is 4.84. The standard InChI is InChI=1S/C10H14O2/c11-9-5-1-3-7-8(9)4-2-6-10(7)12/h7-8H,1-6H2/t7-,8-/m1/s1. The van der Waals surface area contributed by atoms with E-state index in [4.69, 9.17) is 0 Å². The van der Waals surface area contributed by atoms with E-state index in [-0.39, 0.29) is 11.8 Å². The van der Waals surface area contributed by atoms with Gasteiger partial charge in [0, 0.05) is 24.7 Å². The van der Waals surface area contributed by atoms with Gasteiger partial charge < -0.3 is 0 Å². The lowest BCUT2D eigenvalue weighted by Gasteiger charge is -2.32. The van der Waals surface area contributed by atoms with Crippen molar-refractivity contribution in [3.05, 3.63) is 0 Å². The lowest BCUT2D eigenvalue weighted by Crippen LogP contribution is -2.36. The first kappa shape index (κ1) is 7.96. The average molecular weight is 166 g/mol. The van der Waals surface area contributed by atoms with E-state index in [1.54, 1.807) is 0 Å². The predicted molar refractivity (Wildman–Crippen MR) is 44.7 cm³/mol. The summed E-state index contributed by atoms with van der Waals surface area (Å²) in [5, 5.41) is 0. The second-order valence-electron chi connectivity index (χ2n) is 3.93. The van der Waals surface area contributed by atoms with E-state index in [1.165, 1.54) is 0 Å². The summed E-state index contributed by atoms with van der Waals surface area (Å²) in [6, 6.07) is 0. The van der Waals surface area contributed by atoms with E-state index in [9.17, 15) is 9.59 Å². The van der Waals surface area contributed by atoms with Gasteiger partial charge in [0.2, 0.25) is 0 Å². The van der Waals surface area contributed by atoms with Crippen LogP contribution in [0.25, 0.3) is 0 Å². The molecule has 2 nitrogen and oxygen atoms in total. The second kappa shape index (κ2) is 3.00. The molecular weight excluding hydrogens is 152 g/mol. The molecule has 2 fully saturated rings. The highest BCUT2D eigenvalue weighted by Gasteiger charge is 2.38. The summed E-state index contributed by atoms with van der Waals surface area (Å²) in [4.78, 5) is 22.8. The molecule has 2 rings (SSSR count). The normalized spacial score (nSPS) is 36.3. The van der Waals surface area contributed by atoms with Crippen molar-refractivity contribution >= 4 is 11.6 Å². The van der Waals surface area contributed by atoms with E-state index < -0.39 is 0 Å². The van der Waals surface area contributed by atoms with Crippen LogP contribution in [0.5, 0.6) is 0 Å². The molecule has 2 heteroatoms. The zero-order valence-electron chi connectivity index (χ0n) is 7.21. The third-order valence-corrected chi connectivity index (χ3v) is 3.19. The molecule has 0 unspecified atom stereocenters. The van der Waals surface area contributed by atoms with E-state index in [2.05, 4.69) is 0 Å². The van der Waals surface area contributed by atoms with Crippen LogP contribution in [-0.4, -0.2) is 11.6 Å². The molecule has 2 aliphatic carbocycles. The zero-order chi connectivity index (χ0) is 8.55. The number of fused-ring (bicyclic) bond motifs is 1. The Hall–Kier alpha value is -0.660. The lowest BCUT2D eigenvalue weighted by molar-refractivity contribution is -0.137. The summed E-state index contributed by atoms with van der Waals surface area (Å²) in [5.74, 6) is 0.915. The number of carbonyl (C=O) groups excluding carboxylic acids is 2. The van der Waals surface area contributed by atoms with Crippen molar-refractivity contribution in [2.45, 2.75) is 38.5 Å². The van der Waals surface area contributed by atoms with Crippen LogP contribution in [0.15, 0.2) is 0 Å². The summed E-state index contributed by atoms with van der Waals surface area (Å²) in [7, 11) is 0. The molecule has 0 radical (unpaired) electrons. The molecular formula is C10H14O2. The van der Waals surface area contributed by atoms with Crippen molar-refractivity contribution in [1.29, 1.82) is 0 Å². The van der Waals surface area contributed by atoms with Crippen LogP contribution in [0.1, 0.15) is 38.5 Å². The molecule has 12 heavy (non-hydrogen) atoms. The Morgan fingerprint density at radius 2 is 1.25 bits per heavy atom. The highest BCUT2D eigenvalue weighted by Crippen LogP contribution is 2.36. The van der Waals surface area contributed by atoms with Gasteiger partial charge in [-0.2, -0.15) is 0 Å². The third-order valence-electron chi connectivity index (χ3n) is 3.19. The molecule has 0 aromatic rings.